The van der Waals surface area contributed by atoms with Crippen LogP contribution in [-0.4, -0.2) is 22.6 Å². The second kappa shape index (κ2) is 9.33. The molecule has 2 aromatic carbocycles. The third-order valence-corrected chi connectivity index (χ3v) is 10.4. The highest BCUT2D eigenvalue weighted by molar-refractivity contribution is 6.46. The molecule has 0 amide bonds. The smallest absolute Gasteiger partial charge is 0.0901 e. The number of hydrogen-bond acceptors (Lipinski definition) is 5. The van der Waals surface area contributed by atoms with Gasteiger partial charge in [-0.25, -0.2) is 0 Å². The van der Waals surface area contributed by atoms with Gasteiger partial charge >= 0.3 is 0 Å². The van der Waals surface area contributed by atoms with E-state index in [9.17, 15) is 5.11 Å². The van der Waals surface area contributed by atoms with Crippen molar-refractivity contribution >= 4 is 22.8 Å². The van der Waals surface area contributed by atoms with E-state index in [0.29, 0.717) is 23.2 Å². The summed E-state index contributed by atoms with van der Waals surface area (Å²) in [6, 6.07) is 20.5. The third-order valence-electron chi connectivity index (χ3n) is 10.4. The summed E-state index contributed by atoms with van der Waals surface area (Å²) in [4.78, 5) is 0. The van der Waals surface area contributed by atoms with E-state index in [1.165, 1.54) is 25.7 Å². The maximum absolute atomic E-state index is 10.4. The molecule has 0 aliphatic heterocycles. The molecule has 0 bridgehead atoms. The number of hydrogen-bond donors (Lipinski definition) is 3. The predicted octanol–water partition coefficient (Wildman–Crippen LogP) is 6.94. The number of para-hydroxylation sites is 2. The molecular formula is C31H40N4O. The summed E-state index contributed by atoms with van der Waals surface area (Å²) in [5.74, 6) is 2.68. The van der Waals surface area contributed by atoms with Crippen molar-refractivity contribution in [2.45, 2.75) is 71.3 Å². The number of fused-ring (bicyclic) bond motifs is 5. The van der Waals surface area contributed by atoms with E-state index in [2.05, 4.69) is 49.0 Å². The Balaban J connectivity index is 1.32. The first-order chi connectivity index (χ1) is 17.5. The first-order valence-electron chi connectivity index (χ1n) is 13.9. The molecule has 0 radical (unpaired) electrons. The lowest BCUT2D eigenvalue weighted by molar-refractivity contribution is -0.113. The molecule has 2 aromatic rings. The van der Waals surface area contributed by atoms with Gasteiger partial charge in [-0.2, -0.15) is 10.2 Å². The zero-order chi connectivity index (χ0) is 24.8. The van der Waals surface area contributed by atoms with E-state index in [0.717, 1.165) is 54.4 Å². The summed E-state index contributed by atoms with van der Waals surface area (Å²) in [6.45, 7) is 5.00. The number of nitrogens with zero attached hydrogens (tertiary/aromatic N) is 2. The van der Waals surface area contributed by atoms with Crippen LogP contribution in [-0.2, 0) is 0 Å². The van der Waals surface area contributed by atoms with Crippen LogP contribution in [0.3, 0.4) is 0 Å². The zero-order valence-corrected chi connectivity index (χ0v) is 21.7. The van der Waals surface area contributed by atoms with Crippen LogP contribution in [0, 0.1) is 34.5 Å². The number of aliphatic hydroxyl groups is 1. The summed E-state index contributed by atoms with van der Waals surface area (Å²) in [7, 11) is 0. The lowest BCUT2D eigenvalue weighted by Gasteiger charge is -2.60. The number of nitrogens with one attached hydrogen (secondary N) is 2. The first-order valence-corrected chi connectivity index (χ1v) is 13.9. The minimum atomic E-state index is -0.0921. The summed E-state index contributed by atoms with van der Waals surface area (Å²) in [5.41, 5.74) is 11.3. The van der Waals surface area contributed by atoms with E-state index in [-0.39, 0.29) is 11.5 Å². The van der Waals surface area contributed by atoms with Gasteiger partial charge in [-0.15, -0.1) is 0 Å². The van der Waals surface area contributed by atoms with Crippen LogP contribution in [0.5, 0.6) is 0 Å². The average Bonchev–Trinajstić information content (AvgIpc) is 3.19. The highest BCUT2D eigenvalue weighted by Crippen LogP contribution is 2.65. The Bertz CT molecular complexity index is 1130. The van der Waals surface area contributed by atoms with Crippen LogP contribution in [0.25, 0.3) is 0 Å². The fourth-order valence-electron chi connectivity index (χ4n) is 8.43. The summed E-state index contributed by atoms with van der Waals surface area (Å²) < 4.78 is 0. The van der Waals surface area contributed by atoms with Gasteiger partial charge in [0.25, 0.3) is 0 Å². The molecule has 0 saturated heterocycles. The summed E-state index contributed by atoms with van der Waals surface area (Å²) >= 11 is 0. The van der Waals surface area contributed by atoms with Crippen molar-refractivity contribution in [3.8, 4) is 0 Å². The molecule has 36 heavy (non-hydrogen) atoms. The van der Waals surface area contributed by atoms with E-state index >= 15 is 0 Å². The van der Waals surface area contributed by atoms with Gasteiger partial charge in [0.2, 0.25) is 0 Å². The van der Waals surface area contributed by atoms with Crippen LogP contribution in [0.2, 0.25) is 0 Å². The highest BCUT2D eigenvalue weighted by Gasteiger charge is 2.61. The van der Waals surface area contributed by atoms with Gasteiger partial charge in [0, 0.05) is 5.41 Å². The molecule has 1 unspecified atom stereocenters. The predicted molar refractivity (Wildman–Crippen MR) is 148 cm³/mol. The Morgan fingerprint density at radius 3 is 2.14 bits per heavy atom. The molecule has 4 aliphatic carbocycles. The van der Waals surface area contributed by atoms with Crippen molar-refractivity contribution in [1.82, 2.24) is 0 Å². The van der Waals surface area contributed by atoms with Gasteiger partial charge in [-0.05, 0) is 105 Å². The van der Waals surface area contributed by atoms with Gasteiger partial charge in [-0.3, -0.25) is 10.9 Å². The first kappa shape index (κ1) is 23.7. The van der Waals surface area contributed by atoms with Gasteiger partial charge in [0.05, 0.1) is 28.9 Å². The van der Waals surface area contributed by atoms with Crippen molar-refractivity contribution in [3.63, 3.8) is 0 Å². The van der Waals surface area contributed by atoms with Crippen molar-refractivity contribution in [2.75, 3.05) is 10.9 Å². The Morgan fingerprint density at radius 1 is 0.778 bits per heavy atom. The lowest BCUT2D eigenvalue weighted by Crippen LogP contribution is -2.54. The molecule has 3 N–H and O–H groups in total. The molecule has 6 rings (SSSR count). The molecule has 4 saturated carbocycles. The Morgan fingerprint density at radius 2 is 1.44 bits per heavy atom. The fourth-order valence-corrected chi connectivity index (χ4v) is 8.43. The van der Waals surface area contributed by atoms with Crippen molar-refractivity contribution < 1.29 is 5.11 Å². The van der Waals surface area contributed by atoms with Gasteiger partial charge < -0.3 is 5.11 Å². The maximum atomic E-state index is 10.4. The minimum Gasteiger partial charge on any atom is -0.393 e. The number of hydrazone groups is 2. The van der Waals surface area contributed by atoms with Crippen molar-refractivity contribution in [1.29, 1.82) is 0 Å². The van der Waals surface area contributed by atoms with Crippen LogP contribution < -0.4 is 10.9 Å². The number of aliphatic hydroxyl groups excluding tert-OH is 1. The van der Waals surface area contributed by atoms with Crippen LogP contribution in [0.15, 0.2) is 70.9 Å². The normalized spacial score (nSPS) is 39.8. The molecule has 0 aromatic heterocycles. The van der Waals surface area contributed by atoms with Crippen LogP contribution in [0.1, 0.15) is 65.2 Å². The van der Waals surface area contributed by atoms with Crippen LogP contribution in [0.4, 0.5) is 11.4 Å². The molecule has 5 nitrogen and oxygen atoms in total. The topological polar surface area (TPSA) is 69.0 Å². The second-order valence-electron chi connectivity index (χ2n) is 12.2. The quantitative estimate of drug-likeness (QED) is 0.412. The van der Waals surface area contributed by atoms with E-state index in [4.69, 9.17) is 10.2 Å². The average molecular weight is 485 g/mol. The largest absolute Gasteiger partial charge is 0.393 e. The SMILES string of the molecule is C[C@]12CC[C@H](O)C[C@@H]1CC[C@H]1C3CC(=N\Nc4ccccc4)/C(=N/Nc4ccccc4)[C@@]3(C)CC[C@@H]12. The Kier molecular flexibility index (Phi) is 6.15. The van der Waals surface area contributed by atoms with Crippen molar-refractivity contribution in [2.24, 2.45) is 44.7 Å². The standard InChI is InChI=1S/C31H40N4O/c1-30-17-15-24(36)19-21(30)13-14-25-26(30)16-18-31(2)27(25)20-28(34-32-22-9-5-3-6-10-22)29(31)35-33-23-11-7-4-8-12-23/h3-12,21,24-27,32-33,36H,13-20H2,1-2H3/b34-28+,35-29-/t21-,24-,25+,26-,27?,30-,31-/m0/s1. The number of rotatable bonds is 4. The molecule has 190 valence electrons. The van der Waals surface area contributed by atoms with Crippen molar-refractivity contribution in [3.05, 3.63) is 60.7 Å². The fraction of sp³-hybridized carbons (Fsp3) is 0.548. The summed E-state index contributed by atoms with van der Waals surface area (Å²) in [5, 5.41) is 20.4. The van der Waals surface area contributed by atoms with E-state index in [1.54, 1.807) is 0 Å². The van der Waals surface area contributed by atoms with Gasteiger partial charge in [-0.1, -0.05) is 50.2 Å². The molecule has 4 fully saturated rings. The lowest BCUT2D eigenvalue weighted by atomic mass is 9.45. The molecule has 0 heterocycles. The Labute approximate surface area is 215 Å². The second-order valence-corrected chi connectivity index (χ2v) is 12.2. The number of anilines is 2. The van der Waals surface area contributed by atoms with E-state index < -0.39 is 0 Å². The van der Waals surface area contributed by atoms with Gasteiger partial charge in [0.15, 0.2) is 0 Å². The molecule has 7 atom stereocenters. The summed E-state index contributed by atoms with van der Waals surface area (Å²) in [6.07, 6.45) is 8.98. The maximum Gasteiger partial charge on any atom is 0.0901 e. The third kappa shape index (κ3) is 4.06. The van der Waals surface area contributed by atoms with Crippen LogP contribution >= 0.6 is 0 Å². The van der Waals surface area contributed by atoms with E-state index in [1.807, 2.05) is 36.4 Å². The monoisotopic (exact) mass is 484 g/mol. The molecule has 5 heteroatoms. The molecule has 4 aliphatic rings. The zero-order valence-electron chi connectivity index (χ0n) is 21.7. The van der Waals surface area contributed by atoms with Gasteiger partial charge in [0.1, 0.15) is 0 Å². The molecule has 0 spiro atoms. The molecular weight excluding hydrogens is 444 g/mol. The minimum absolute atomic E-state index is 0.0253. The Hall–Kier alpha value is -2.66. The number of benzene rings is 2. The highest BCUT2D eigenvalue weighted by atomic mass is 16.3.